The van der Waals surface area contributed by atoms with Crippen molar-refractivity contribution in [3.63, 3.8) is 0 Å². The first-order chi connectivity index (χ1) is 26.3. The first-order valence-electron chi connectivity index (χ1n) is 16.8. The van der Waals surface area contributed by atoms with Gasteiger partial charge in [0.05, 0.1) is 44.8 Å². The van der Waals surface area contributed by atoms with E-state index in [9.17, 15) is 19.2 Å². The molecular formula is C42H28N4O6P2. The molecule has 0 aliphatic heterocycles. The van der Waals surface area contributed by atoms with Crippen molar-refractivity contribution in [1.82, 2.24) is 19.9 Å². The van der Waals surface area contributed by atoms with E-state index in [0.29, 0.717) is 22.9 Å². The predicted octanol–water partition coefficient (Wildman–Crippen LogP) is 9.90. The second-order valence-corrected chi connectivity index (χ2v) is 14.0. The molecule has 0 aliphatic rings. The van der Waals surface area contributed by atoms with Gasteiger partial charge in [-0.25, -0.2) is 24.5 Å². The highest BCUT2D eigenvalue weighted by molar-refractivity contribution is 7.39. The largest absolute Gasteiger partial charge is 0.427 e. The molecule has 0 aliphatic carbocycles. The zero-order valence-electron chi connectivity index (χ0n) is 28.2. The second-order valence-electron chi connectivity index (χ2n) is 12.6. The molecule has 0 radical (unpaired) electrons. The molecule has 4 heterocycles. The van der Waals surface area contributed by atoms with Gasteiger partial charge in [0.15, 0.2) is 0 Å². The van der Waals surface area contributed by atoms with Gasteiger partial charge >= 0.3 is 16.9 Å². The van der Waals surface area contributed by atoms with Crippen molar-refractivity contribution in [2.75, 3.05) is 0 Å². The van der Waals surface area contributed by atoms with Gasteiger partial charge in [-0.2, -0.15) is 0 Å². The average Bonchev–Trinajstić information content (AvgIpc) is 3.19. The van der Waals surface area contributed by atoms with E-state index in [1.807, 2.05) is 103 Å². The minimum Gasteiger partial charge on any atom is -0.427 e. The van der Waals surface area contributed by atoms with Crippen molar-refractivity contribution in [2.45, 2.75) is 0 Å². The lowest BCUT2D eigenvalue weighted by molar-refractivity contribution is 0.375. The van der Waals surface area contributed by atoms with Crippen LogP contribution in [0.3, 0.4) is 0 Å². The Labute approximate surface area is 310 Å². The van der Waals surface area contributed by atoms with E-state index in [4.69, 9.17) is 29.0 Å². The SMILES string of the molecule is O=[PH](O)Oc1cccc(-c2ccc3ccc4ccc(-c5cccc(-c6ccc7ccc8ccc(-c9cccc(OP(O)O)c9)nc8c7n6)c5)nc4c3n2)c1. The van der Waals surface area contributed by atoms with Crippen molar-refractivity contribution in [2.24, 2.45) is 0 Å². The molecule has 0 amide bonds. The van der Waals surface area contributed by atoms with Crippen LogP contribution < -0.4 is 9.05 Å². The lowest BCUT2D eigenvalue weighted by atomic mass is 10.0. The van der Waals surface area contributed by atoms with Crippen LogP contribution in [0.1, 0.15) is 0 Å². The molecule has 1 unspecified atom stereocenters. The van der Waals surface area contributed by atoms with E-state index in [-0.39, 0.29) is 0 Å². The minimum atomic E-state index is -3.14. The summed E-state index contributed by atoms with van der Waals surface area (Å²) in [4.78, 5) is 48.2. The van der Waals surface area contributed by atoms with Gasteiger partial charge < -0.3 is 23.7 Å². The molecule has 0 fully saturated rings. The Bertz CT molecular complexity index is 2940. The molecule has 54 heavy (non-hydrogen) atoms. The average molecular weight is 747 g/mol. The summed E-state index contributed by atoms with van der Waals surface area (Å²) in [7, 11) is -5.67. The Balaban J connectivity index is 1.10. The molecule has 1 atom stereocenters. The van der Waals surface area contributed by atoms with Crippen molar-refractivity contribution in [1.29, 1.82) is 0 Å². The summed E-state index contributed by atoms with van der Waals surface area (Å²) < 4.78 is 21.5. The van der Waals surface area contributed by atoms with E-state index in [1.54, 1.807) is 36.4 Å². The molecule has 0 spiro atoms. The van der Waals surface area contributed by atoms with E-state index in [0.717, 1.165) is 77.3 Å². The number of pyridine rings is 4. The highest BCUT2D eigenvalue weighted by Gasteiger charge is 2.13. The van der Waals surface area contributed by atoms with Gasteiger partial charge in [-0.3, -0.25) is 0 Å². The van der Waals surface area contributed by atoms with Crippen LogP contribution in [-0.4, -0.2) is 34.6 Å². The van der Waals surface area contributed by atoms with Crippen LogP contribution in [0.4, 0.5) is 0 Å². The molecule has 3 N–H and O–H groups in total. The van der Waals surface area contributed by atoms with Crippen molar-refractivity contribution < 1.29 is 28.3 Å². The number of benzene rings is 5. The van der Waals surface area contributed by atoms with Gasteiger partial charge in [0, 0.05) is 43.8 Å². The molecule has 262 valence electrons. The fourth-order valence-electron chi connectivity index (χ4n) is 6.64. The topological polar surface area (TPSA) is 148 Å². The maximum Gasteiger partial charge on any atom is 0.391 e. The molecule has 0 saturated heterocycles. The lowest BCUT2D eigenvalue weighted by Gasteiger charge is -2.11. The monoisotopic (exact) mass is 746 g/mol. The van der Waals surface area contributed by atoms with Crippen molar-refractivity contribution in [3.05, 3.63) is 146 Å². The fourth-order valence-corrected chi connectivity index (χ4v) is 7.27. The van der Waals surface area contributed by atoms with Crippen LogP contribution in [0.25, 0.3) is 88.6 Å². The lowest BCUT2D eigenvalue weighted by Crippen LogP contribution is -1.93. The first-order valence-corrected chi connectivity index (χ1v) is 19.3. The highest BCUT2D eigenvalue weighted by atomic mass is 31.2. The zero-order chi connectivity index (χ0) is 36.8. The van der Waals surface area contributed by atoms with Gasteiger partial charge in [0.25, 0.3) is 0 Å². The molecule has 9 aromatic rings. The standard InChI is InChI=1S/C42H28N4O6P2/c47-53(48)51-33-8-2-6-31(23-33)37-20-16-27-12-10-25-14-18-35(43-39(25)41(27)45-37)29-4-1-5-30(22-29)36-19-15-26-11-13-28-17-21-38(46-42(28)40(26)44-36)32-7-3-9-34(24-32)52-54(49)50/h1-24,47-48,54H,(H,49,50). The molecular weight excluding hydrogens is 718 g/mol. The van der Waals surface area contributed by atoms with Crippen LogP contribution in [0.15, 0.2) is 146 Å². The summed E-state index contributed by atoms with van der Waals surface area (Å²) in [5.41, 5.74) is 9.34. The van der Waals surface area contributed by atoms with Crippen LogP contribution in [-0.2, 0) is 4.57 Å². The van der Waals surface area contributed by atoms with E-state index < -0.39 is 16.9 Å². The smallest absolute Gasteiger partial charge is 0.391 e. The first kappa shape index (κ1) is 33.7. The summed E-state index contributed by atoms with van der Waals surface area (Å²) in [6, 6.07) is 46.2. The molecule has 5 aromatic carbocycles. The summed E-state index contributed by atoms with van der Waals surface area (Å²) in [5, 5.41) is 3.78. The number of fused-ring (bicyclic) bond motifs is 6. The number of nitrogens with zero attached hydrogens (tertiary/aromatic N) is 4. The third-order valence-electron chi connectivity index (χ3n) is 9.15. The number of hydrogen-bond acceptors (Lipinski definition) is 9. The summed E-state index contributed by atoms with van der Waals surface area (Å²) in [6.07, 6.45) is 0. The number of hydrogen-bond donors (Lipinski definition) is 3. The number of aromatic nitrogens is 4. The van der Waals surface area contributed by atoms with Crippen molar-refractivity contribution in [3.8, 4) is 56.5 Å². The Morgan fingerprint density at radius 3 is 1.17 bits per heavy atom. The fraction of sp³-hybridized carbons (Fsp3) is 0. The Kier molecular flexibility index (Phi) is 8.75. The quantitative estimate of drug-likeness (QED) is 0.101. The summed E-state index contributed by atoms with van der Waals surface area (Å²) in [5.74, 6) is 0.643. The third-order valence-corrected chi connectivity index (χ3v) is 9.93. The van der Waals surface area contributed by atoms with E-state index in [1.165, 1.54) is 0 Å². The molecule has 12 heteroatoms. The molecule has 0 saturated carbocycles. The van der Waals surface area contributed by atoms with E-state index >= 15 is 0 Å². The van der Waals surface area contributed by atoms with E-state index in [2.05, 4.69) is 6.07 Å². The zero-order valence-corrected chi connectivity index (χ0v) is 30.1. The number of rotatable bonds is 8. The Hall–Kier alpha value is -6.12. The third kappa shape index (κ3) is 6.65. The van der Waals surface area contributed by atoms with Crippen LogP contribution >= 0.6 is 16.9 Å². The normalized spacial score (nSPS) is 12.1. The Morgan fingerprint density at radius 1 is 0.444 bits per heavy atom. The minimum absolute atomic E-state index is 0.299. The van der Waals surface area contributed by atoms with Gasteiger partial charge in [-0.05, 0) is 54.6 Å². The van der Waals surface area contributed by atoms with Gasteiger partial charge in [-0.15, -0.1) is 0 Å². The van der Waals surface area contributed by atoms with Crippen molar-refractivity contribution >= 4 is 60.5 Å². The van der Waals surface area contributed by atoms with Crippen LogP contribution in [0.5, 0.6) is 11.5 Å². The van der Waals surface area contributed by atoms with Crippen LogP contribution in [0.2, 0.25) is 0 Å². The maximum absolute atomic E-state index is 11.3. The van der Waals surface area contributed by atoms with Gasteiger partial charge in [0.1, 0.15) is 11.5 Å². The summed E-state index contributed by atoms with van der Waals surface area (Å²) in [6.45, 7) is 0. The molecule has 10 nitrogen and oxygen atoms in total. The Morgan fingerprint density at radius 2 is 0.778 bits per heavy atom. The predicted molar refractivity (Wildman–Crippen MR) is 213 cm³/mol. The molecule has 0 bridgehead atoms. The highest BCUT2D eigenvalue weighted by Crippen LogP contribution is 2.35. The maximum atomic E-state index is 11.3. The van der Waals surface area contributed by atoms with Gasteiger partial charge in [0.2, 0.25) is 0 Å². The summed E-state index contributed by atoms with van der Waals surface area (Å²) >= 11 is 0. The second kappa shape index (κ2) is 14.0. The van der Waals surface area contributed by atoms with Gasteiger partial charge in [-0.1, -0.05) is 91.0 Å². The molecule has 4 aromatic heterocycles. The van der Waals surface area contributed by atoms with Crippen LogP contribution in [0, 0.1) is 0 Å². The molecule has 9 rings (SSSR count).